The predicted octanol–water partition coefficient (Wildman–Crippen LogP) is 3.44. The molecule has 174 valence electrons. The Balaban J connectivity index is 1.47. The quantitative estimate of drug-likeness (QED) is 0.532. The van der Waals surface area contributed by atoms with Gasteiger partial charge < -0.3 is 14.2 Å². The Kier molecular flexibility index (Phi) is 6.85. The summed E-state index contributed by atoms with van der Waals surface area (Å²) >= 11 is 0. The van der Waals surface area contributed by atoms with Gasteiger partial charge >= 0.3 is 0 Å². The first-order chi connectivity index (χ1) is 15.8. The summed E-state index contributed by atoms with van der Waals surface area (Å²) in [5.74, 6) is 0.282. The normalized spacial score (nSPS) is 14.6. The van der Waals surface area contributed by atoms with Gasteiger partial charge in [0.05, 0.1) is 24.2 Å². The van der Waals surface area contributed by atoms with Crippen molar-refractivity contribution >= 4 is 21.6 Å². The molecule has 0 saturated carbocycles. The average molecular weight is 468 g/mol. The van der Waals surface area contributed by atoms with Crippen LogP contribution in [0.15, 0.2) is 76.2 Å². The zero-order chi connectivity index (χ0) is 23.4. The molecule has 1 aliphatic rings. The van der Waals surface area contributed by atoms with E-state index in [1.54, 1.807) is 41.3 Å². The van der Waals surface area contributed by atoms with Gasteiger partial charge in [0.25, 0.3) is 0 Å². The summed E-state index contributed by atoms with van der Waals surface area (Å²) < 4.78 is 33.3. The molecule has 0 spiro atoms. The molecule has 1 amide bonds. The molecule has 1 fully saturated rings. The topological polar surface area (TPSA) is 74.1 Å². The van der Waals surface area contributed by atoms with Crippen molar-refractivity contribution in [2.24, 2.45) is 0 Å². The van der Waals surface area contributed by atoms with Gasteiger partial charge in [-0.2, -0.15) is 4.31 Å². The van der Waals surface area contributed by atoms with Gasteiger partial charge in [0.2, 0.25) is 15.9 Å². The number of carbonyl (C=O) groups is 1. The summed E-state index contributed by atoms with van der Waals surface area (Å²) in [6, 6.07) is 18.3. The number of anilines is 1. The highest BCUT2D eigenvalue weighted by molar-refractivity contribution is 7.89. The smallest absolute Gasteiger partial charge is 0.243 e. The van der Waals surface area contributed by atoms with Crippen LogP contribution in [-0.4, -0.2) is 56.3 Å². The van der Waals surface area contributed by atoms with Crippen LogP contribution in [0.2, 0.25) is 0 Å². The van der Waals surface area contributed by atoms with Crippen molar-refractivity contribution in [1.29, 1.82) is 0 Å². The van der Waals surface area contributed by atoms with E-state index in [9.17, 15) is 13.2 Å². The molecule has 2 heterocycles. The van der Waals surface area contributed by atoms with Crippen LogP contribution in [0, 0.1) is 13.8 Å². The molecule has 0 atom stereocenters. The van der Waals surface area contributed by atoms with Gasteiger partial charge in [-0.1, -0.05) is 35.9 Å². The fourth-order valence-corrected chi connectivity index (χ4v) is 5.38. The van der Waals surface area contributed by atoms with Gasteiger partial charge in [0.15, 0.2) is 0 Å². The summed E-state index contributed by atoms with van der Waals surface area (Å²) in [6.07, 6.45) is 1.50. The minimum absolute atomic E-state index is 0.00186. The standard InChI is InChI=1S/C25H29N3O4S/c1-20-9-11-23(12-10-20)33(30,31)28(18-22-7-5-17-32-22)19-25(29)27-15-13-26(14-16-27)24-8-4-3-6-21(24)2/h3-12,17H,13-16,18-19H2,1-2H3. The largest absolute Gasteiger partial charge is 0.468 e. The third-order valence-electron chi connectivity index (χ3n) is 5.97. The minimum Gasteiger partial charge on any atom is -0.468 e. The summed E-state index contributed by atoms with van der Waals surface area (Å²) in [4.78, 5) is 17.3. The van der Waals surface area contributed by atoms with Gasteiger partial charge in [0, 0.05) is 31.9 Å². The molecule has 0 N–H and O–H groups in total. The van der Waals surface area contributed by atoms with Crippen molar-refractivity contribution in [3.63, 3.8) is 0 Å². The van der Waals surface area contributed by atoms with Crippen LogP contribution in [0.4, 0.5) is 5.69 Å². The second-order valence-corrected chi connectivity index (χ2v) is 10.3. The number of carbonyl (C=O) groups excluding carboxylic acids is 1. The zero-order valence-electron chi connectivity index (χ0n) is 19.0. The zero-order valence-corrected chi connectivity index (χ0v) is 19.8. The van der Waals surface area contributed by atoms with E-state index < -0.39 is 10.0 Å². The van der Waals surface area contributed by atoms with Crippen LogP contribution in [0.25, 0.3) is 0 Å². The Labute approximate surface area is 195 Å². The lowest BCUT2D eigenvalue weighted by atomic mass is 10.1. The number of nitrogens with zero attached hydrogens (tertiary/aromatic N) is 3. The Bertz CT molecular complexity index is 1180. The number of furan rings is 1. The second kappa shape index (κ2) is 9.80. The van der Waals surface area contributed by atoms with Crippen molar-refractivity contribution in [2.45, 2.75) is 25.3 Å². The Morgan fingerprint density at radius 2 is 1.64 bits per heavy atom. The molecule has 1 saturated heterocycles. The third kappa shape index (κ3) is 5.29. The highest BCUT2D eigenvalue weighted by Crippen LogP contribution is 2.22. The molecule has 0 bridgehead atoms. The van der Waals surface area contributed by atoms with Crippen LogP contribution in [-0.2, 0) is 21.4 Å². The highest BCUT2D eigenvalue weighted by atomic mass is 32.2. The highest BCUT2D eigenvalue weighted by Gasteiger charge is 2.30. The fraction of sp³-hybridized carbons (Fsp3) is 0.320. The Morgan fingerprint density at radius 1 is 0.939 bits per heavy atom. The summed E-state index contributed by atoms with van der Waals surface area (Å²) in [5.41, 5.74) is 3.34. The van der Waals surface area contributed by atoms with E-state index in [0.29, 0.717) is 31.9 Å². The predicted molar refractivity (Wildman–Crippen MR) is 127 cm³/mol. The van der Waals surface area contributed by atoms with Crippen LogP contribution >= 0.6 is 0 Å². The van der Waals surface area contributed by atoms with Crippen molar-refractivity contribution in [3.05, 3.63) is 83.8 Å². The number of para-hydroxylation sites is 1. The summed E-state index contributed by atoms with van der Waals surface area (Å²) in [6.45, 7) is 6.25. The molecular weight excluding hydrogens is 438 g/mol. The Morgan fingerprint density at radius 3 is 2.27 bits per heavy atom. The molecule has 2 aromatic carbocycles. The molecule has 0 radical (unpaired) electrons. The number of sulfonamides is 1. The number of piperazine rings is 1. The molecular formula is C25H29N3O4S. The summed E-state index contributed by atoms with van der Waals surface area (Å²) in [5, 5.41) is 0. The molecule has 0 unspecified atom stereocenters. The average Bonchev–Trinajstić information content (AvgIpc) is 3.33. The second-order valence-electron chi connectivity index (χ2n) is 8.32. The third-order valence-corrected chi connectivity index (χ3v) is 7.78. The van der Waals surface area contributed by atoms with Gasteiger partial charge in [-0.25, -0.2) is 8.42 Å². The van der Waals surface area contributed by atoms with Crippen LogP contribution < -0.4 is 4.90 Å². The number of rotatable bonds is 7. The maximum absolute atomic E-state index is 13.4. The van der Waals surface area contributed by atoms with E-state index in [2.05, 4.69) is 24.0 Å². The molecule has 1 aromatic heterocycles. The first-order valence-corrected chi connectivity index (χ1v) is 12.5. The van der Waals surface area contributed by atoms with Crippen molar-refractivity contribution in [1.82, 2.24) is 9.21 Å². The molecule has 1 aliphatic heterocycles. The maximum atomic E-state index is 13.4. The van der Waals surface area contributed by atoms with E-state index >= 15 is 0 Å². The monoisotopic (exact) mass is 467 g/mol. The molecule has 7 nitrogen and oxygen atoms in total. The van der Waals surface area contributed by atoms with E-state index in [-0.39, 0.29) is 23.9 Å². The van der Waals surface area contributed by atoms with Crippen molar-refractivity contribution in [2.75, 3.05) is 37.6 Å². The fourth-order valence-electron chi connectivity index (χ4n) is 4.03. The first kappa shape index (κ1) is 23.1. The van der Waals surface area contributed by atoms with E-state index in [4.69, 9.17) is 4.42 Å². The van der Waals surface area contributed by atoms with Crippen LogP contribution in [0.1, 0.15) is 16.9 Å². The van der Waals surface area contributed by atoms with E-state index in [0.717, 1.165) is 5.56 Å². The Hall–Kier alpha value is -3.10. The van der Waals surface area contributed by atoms with Crippen LogP contribution in [0.3, 0.4) is 0 Å². The lowest BCUT2D eigenvalue weighted by Gasteiger charge is -2.37. The lowest BCUT2D eigenvalue weighted by molar-refractivity contribution is -0.131. The molecule has 4 rings (SSSR count). The number of benzene rings is 2. The lowest BCUT2D eigenvalue weighted by Crippen LogP contribution is -2.51. The minimum atomic E-state index is -3.87. The summed E-state index contributed by atoms with van der Waals surface area (Å²) in [7, 11) is -3.87. The van der Waals surface area contributed by atoms with Gasteiger partial charge in [-0.05, 0) is 49.7 Å². The number of hydrogen-bond acceptors (Lipinski definition) is 5. The van der Waals surface area contributed by atoms with Gasteiger partial charge in [-0.3, -0.25) is 4.79 Å². The van der Waals surface area contributed by atoms with Crippen molar-refractivity contribution < 1.29 is 17.6 Å². The van der Waals surface area contributed by atoms with Crippen molar-refractivity contribution in [3.8, 4) is 0 Å². The number of hydrogen-bond donors (Lipinski definition) is 0. The molecule has 33 heavy (non-hydrogen) atoms. The first-order valence-electron chi connectivity index (χ1n) is 11.0. The van der Waals surface area contributed by atoms with E-state index in [1.807, 2.05) is 19.1 Å². The SMILES string of the molecule is Cc1ccc(S(=O)(=O)N(CC(=O)N2CCN(c3ccccc3C)CC2)Cc2ccco2)cc1. The molecule has 0 aliphatic carbocycles. The number of aryl methyl sites for hydroxylation is 2. The number of amides is 1. The van der Waals surface area contributed by atoms with Gasteiger partial charge in [0.1, 0.15) is 5.76 Å². The van der Waals surface area contributed by atoms with Crippen LogP contribution in [0.5, 0.6) is 0 Å². The maximum Gasteiger partial charge on any atom is 0.243 e. The van der Waals surface area contributed by atoms with Gasteiger partial charge in [-0.15, -0.1) is 0 Å². The molecule has 3 aromatic rings. The van der Waals surface area contributed by atoms with E-state index in [1.165, 1.54) is 21.8 Å². The molecule has 8 heteroatoms.